The molecule has 1 aromatic carbocycles. The van der Waals surface area contributed by atoms with E-state index in [0.29, 0.717) is 17.4 Å². The normalized spacial score (nSPS) is 14.3. The summed E-state index contributed by atoms with van der Waals surface area (Å²) in [6, 6.07) is 11.7. The molecule has 5 heteroatoms. The second-order valence-corrected chi connectivity index (χ2v) is 4.87. The third-order valence-electron chi connectivity index (χ3n) is 3.38. The van der Waals surface area contributed by atoms with Crippen molar-refractivity contribution in [2.75, 3.05) is 0 Å². The maximum atomic E-state index is 9.55. The molecule has 0 radical (unpaired) electrons. The number of hydrogen-bond donors (Lipinski definition) is 1. The van der Waals surface area contributed by atoms with Crippen molar-refractivity contribution in [1.82, 2.24) is 15.1 Å². The fourth-order valence-corrected chi connectivity index (χ4v) is 1.92. The Morgan fingerprint density at radius 2 is 1.85 bits per heavy atom. The monoisotopic (exact) mass is 269 g/mol. The highest BCUT2D eigenvalue weighted by Gasteiger charge is 2.19. The van der Waals surface area contributed by atoms with E-state index in [1.807, 2.05) is 43.3 Å². The molecule has 0 aliphatic heterocycles. The van der Waals surface area contributed by atoms with E-state index in [2.05, 4.69) is 15.1 Å². The molecule has 0 bridgehead atoms. The van der Waals surface area contributed by atoms with Gasteiger partial charge in [0.25, 0.3) is 0 Å². The Morgan fingerprint density at radius 1 is 1.05 bits per heavy atom. The van der Waals surface area contributed by atoms with E-state index in [1.54, 1.807) is 6.92 Å². The van der Waals surface area contributed by atoms with Crippen molar-refractivity contribution in [3.05, 3.63) is 42.3 Å². The lowest BCUT2D eigenvalue weighted by molar-refractivity contribution is 0.151. The van der Waals surface area contributed by atoms with E-state index >= 15 is 0 Å². The fraction of sp³-hybridized carbons (Fsp3) is 0.267. The molecule has 2 heterocycles. The van der Waals surface area contributed by atoms with Gasteiger partial charge in [0.15, 0.2) is 0 Å². The minimum atomic E-state index is -0.534. The fourth-order valence-electron chi connectivity index (χ4n) is 1.92. The molecule has 0 aliphatic rings. The predicted octanol–water partition coefficient (Wildman–Crippen LogP) is 2.77. The number of aliphatic hydroxyl groups excluding tert-OH is 1. The highest BCUT2D eigenvalue weighted by molar-refractivity contribution is 5.80. The van der Waals surface area contributed by atoms with Crippen LogP contribution >= 0.6 is 0 Å². The van der Waals surface area contributed by atoms with E-state index in [4.69, 9.17) is 4.52 Å². The standard InChI is InChI=1S/C15H15N3O2/c1-9(10(2)19)15-17-14(18-20-15)13-8-7-11-5-3-4-6-12(11)16-13/h3-10,19H,1-2H3. The number of benzene rings is 1. The number of hydrogen-bond acceptors (Lipinski definition) is 5. The highest BCUT2D eigenvalue weighted by atomic mass is 16.5. The van der Waals surface area contributed by atoms with Gasteiger partial charge in [-0.25, -0.2) is 4.98 Å². The van der Waals surface area contributed by atoms with Gasteiger partial charge in [0.2, 0.25) is 11.7 Å². The number of para-hydroxylation sites is 1. The average molecular weight is 269 g/mol. The van der Waals surface area contributed by atoms with Gasteiger partial charge in [-0.15, -0.1) is 0 Å². The summed E-state index contributed by atoms with van der Waals surface area (Å²) >= 11 is 0. The lowest BCUT2D eigenvalue weighted by Gasteiger charge is -2.07. The predicted molar refractivity (Wildman–Crippen MR) is 75.1 cm³/mol. The number of aliphatic hydroxyl groups is 1. The lowest BCUT2D eigenvalue weighted by atomic mass is 10.1. The quantitative estimate of drug-likeness (QED) is 0.791. The van der Waals surface area contributed by atoms with Gasteiger partial charge in [0.05, 0.1) is 17.5 Å². The van der Waals surface area contributed by atoms with Crippen molar-refractivity contribution < 1.29 is 9.63 Å². The van der Waals surface area contributed by atoms with Gasteiger partial charge in [-0.2, -0.15) is 4.98 Å². The first kappa shape index (κ1) is 12.7. The van der Waals surface area contributed by atoms with Gasteiger partial charge < -0.3 is 9.63 Å². The van der Waals surface area contributed by atoms with E-state index in [0.717, 1.165) is 10.9 Å². The van der Waals surface area contributed by atoms with Crippen LogP contribution in [0.25, 0.3) is 22.4 Å². The van der Waals surface area contributed by atoms with Crippen LogP contribution in [0, 0.1) is 0 Å². The van der Waals surface area contributed by atoms with E-state index < -0.39 is 6.10 Å². The molecule has 0 fully saturated rings. The van der Waals surface area contributed by atoms with Crippen LogP contribution in [-0.4, -0.2) is 26.3 Å². The number of nitrogens with zero attached hydrogens (tertiary/aromatic N) is 3. The zero-order valence-corrected chi connectivity index (χ0v) is 11.3. The molecule has 20 heavy (non-hydrogen) atoms. The first-order valence-corrected chi connectivity index (χ1v) is 6.53. The molecule has 0 saturated heterocycles. The molecule has 2 unspecified atom stereocenters. The minimum Gasteiger partial charge on any atom is -0.393 e. The highest BCUT2D eigenvalue weighted by Crippen LogP contribution is 2.22. The molecule has 102 valence electrons. The number of pyridine rings is 1. The average Bonchev–Trinajstić information content (AvgIpc) is 2.95. The minimum absolute atomic E-state index is 0.197. The van der Waals surface area contributed by atoms with Gasteiger partial charge >= 0.3 is 0 Å². The summed E-state index contributed by atoms with van der Waals surface area (Å²) in [4.78, 5) is 8.82. The summed E-state index contributed by atoms with van der Waals surface area (Å²) < 4.78 is 5.19. The Hall–Kier alpha value is -2.27. The van der Waals surface area contributed by atoms with Crippen molar-refractivity contribution in [3.63, 3.8) is 0 Å². The summed E-state index contributed by atoms with van der Waals surface area (Å²) in [6.07, 6.45) is -0.534. The van der Waals surface area contributed by atoms with Crippen molar-refractivity contribution in [2.45, 2.75) is 25.9 Å². The Balaban J connectivity index is 1.99. The largest absolute Gasteiger partial charge is 0.393 e. The SMILES string of the molecule is CC(O)C(C)c1nc(-c2ccc3ccccc3n2)no1. The molecule has 1 N–H and O–H groups in total. The number of rotatable bonds is 3. The number of fused-ring (bicyclic) bond motifs is 1. The molecule has 2 aromatic heterocycles. The van der Waals surface area contributed by atoms with Crippen LogP contribution in [0.5, 0.6) is 0 Å². The molecule has 3 aromatic rings. The maximum absolute atomic E-state index is 9.55. The number of aromatic nitrogens is 3. The molecular formula is C15H15N3O2. The smallest absolute Gasteiger partial charge is 0.232 e. The van der Waals surface area contributed by atoms with Gasteiger partial charge in [-0.3, -0.25) is 0 Å². The van der Waals surface area contributed by atoms with Crippen LogP contribution in [0.1, 0.15) is 25.7 Å². The van der Waals surface area contributed by atoms with Crippen LogP contribution in [-0.2, 0) is 0 Å². The molecular weight excluding hydrogens is 254 g/mol. The topological polar surface area (TPSA) is 72.0 Å². The van der Waals surface area contributed by atoms with Gasteiger partial charge in [-0.05, 0) is 19.1 Å². The molecule has 0 aliphatic carbocycles. The summed E-state index contributed by atoms with van der Waals surface area (Å²) in [6.45, 7) is 3.54. The van der Waals surface area contributed by atoms with Crippen molar-refractivity contribution >= 4 is 10.9 Å². The Bertz CT molecular complexity index is 737. The molecule has 3 rings (SSSR count). The van der Waals surface area contributed by atoms with E-state index in [-0.39, 0.29) is 5.92 Å². The van der Waals surface area contributed by atoms with Gasteiger partial charge in [-0.1, -0.05) is 36.3 Å². The summed E-state index contributed by atoms with van der Waals surface area (Å²) in [5, 5.41) is 14.6. The molecule has 0 saturated carbocycles. The third kappa shape index (κ3) is 2.28. The van der Waals surface area contributed by atoms with Crippen LogP contribution in [0.15, 0.2) is 40.9 Å². The van der Waals surface area contributed by atoms with E-state index in [9.17, 15) is 5.11 Å². The maximum Gasteiger partial charge on any atom is 0.232 e. The Morgan fingerprint density at radius 3 is 2.65 bits per heavy atom. The molecule has 2 atom stereocenters. The molecule has 5 nitrogen and oxygen atoms in total. The summed E-state index contributed by atoms with van der Waals surface area (Å²) in [7, 11) is 0. The summed E-state index contributed by atoms with van der Waals surface area (Å²) in [5.74, 6) is 0.667. The zero-order valence-electron chi connectivity index (χ0n) is 11.3. The third-order valence-corrected chi connectivity index (χ3v) is 3.38. The Labute approximate surface area is 116 Å². The summed E-state index contributed by atoms with van der Waals surface area (Å²) in [5.41, 5.74) is 1.55. The second kappa shape index (κ2) is 5.02. The second-order valence-electron chi connectivity index (χ2n) is 4.87. The first-order valence-electron chi connectivity index (χ1n) is 6.53. The first-order chi connectivity index (χ1) is 9.65. The van der Waals surface area contributed by atoms with E-state index in [1.165, 1.54) is 0 Å². The van der Waals surface area contributed by atoms with Crippen LogP contribution in [0.4, 0.5) is 0 Å². The Kier molecular flexibility index (Phi) is 3.20. The molecule has 0 amide bonds. The zero-order chi connectivity index (χ0) is 14.1. The van der Waals surface area contributed by atoms with Crippen LogP contribution in [0.2, 0.25) is 0 Å². The van der Waals surface area contributed by atoms with Crippen LogP contribution in [0.3, 0.4) is 0 Å². The molecule has 0 spiro atoms. The van der Waals surface area contributed by atoms with Gasteiger partial charge in [0, 0.05) is 5.39 Å². The lowest BCUT2D eigenvalue weighted by Crippen LogP contribution is -2.11. The van der Waals surface area contributed by atoms with Crippen molar-refractivity contribution in [1.29, 1.82) is 0 Å². The van der Waals surface area contributed by atoms with Crippen molar-refractivity contribution in [2.24, 2.45) is 0 Å². The van der Waals surface area contributed by atoms with Crippen molar-refractivity contribution in [3.8, 4) is 11.5 Å². The van der Waals surface area contributed by atoms with Gasteiger partial charge in [0.1, 0.15) is 5.69 Å². The van der Waals surface area contributed by atoms with Crippen LogP contribution < -0.4 is 0 Å².